The van der Waals surface area contributed by atoms with E-state index in [1.165, 1.54) is 0 Å². The van der Waals surface area contributed by atoms with E-state index in [2.05, 4.69) is 10.2 Å². The van der Waals surface area contributed by atoms with Crippen LogP contribution in [-0.4, -0.2) is 0 Å². The van der Waals surface area contributed by atoms with Crippen molar-refractivity contribution in [3.05, 3.63) is 66.2 Å². The number of rotatable bonds is 3. The van der Waals surface area contributed by atoms with E-state index in [1.54, 1.807) is 0 Å². The summed E-state index contributed by atoms with van der Waals surface area (Å²) in [6, 6.07) is 17.7. The first-order chi connectivity index (χ1) is 8.40. The molecule has 0 N–H and O–H groups in total. The zero-order valence-corrected chi connectivity index (χ0v) is 9.75. The normalized spacial score (nSPS) is 11.4. The second-order valence-corrected chi connectivity index (χ2v) is 3.59. The second kappa shape index (κ2) is 5.75. The monoisotopic (exact) mass is 222 g/mol. The number of hydrogen-bond acceptors (Lipinski definition) is 2. The smallest absolute Gasteiger partial charge is 0.0929 e. The largest absolute Gasteiger partial charge is 0.151 e. The van der Waals surface area contributed by atoms with Gasteiger partial charge >= 0.3 is 0 Å². The molecule has 2 aromatic carbocycles. The van der Waals surface area contributed by atoms with Gasteiger partial charge in [-0.05, 0) is 25.1 Å². The highest BCUT2D eigenvalue weighted by Gasteiger charge is 1.95. The van der Waals surface area contributed by atoms with E-state index in [4.69, 9.17) is 0 Å². The summed E-state index contributed by atoms with van der Waals surface area (Å²) in [6.45, 7) is 1.99. The molecule has 0 amide bonds. The van der Waals surface area contributed by atoms with Gasteiger partial charge in [0.15, 0.2) is 0 Å². The first kappa shape index (κ1) is 11.3. The summed E-state index contributed by atoms with van der Waals surface area (Å²) in [7, 11) is 0. The molecule has 0 atom stereocenters. The Morgan fingerprint density at radius 1 is 0.824 bits per heavy atom. The van der Waals surface area contributed by atoms with Crippen molar-refractivity contribution in [2.45, 2.75) is 6.92 Å². The molecule has 0 unspecified atom stereocenters. The van der Waals surface area contributed by atoms with Crippen LogP contribution >= 0.6 is 0 Å². The molecule has 2 nitrogen and oxygen atoms in total. The highest BCUT2D eigenvalue weighted by molar-refractivity contribution is 5.63. The van der Waals surface area contributed by atoms with Crippen LogP contribution in [0.2, 0.25) is 0 Å². The van der Waals surface area contributed by atoms with Gasteiger partial charge in [-0.2, -0.15) is 5.11 Å². The number of hydrogen-bond donors (Lipinski definition) is 0. The Morgan fingerprint density at radius 2 is 1.53 bits per heavy atom. The molecule has 0 bridgehead atoms. The van der Waals surface area contributed by atoms with Gasteiger partial charge in [0.05, 0.1) is 11.4 Å². The molecule has 0 aliphatic rings. The van der Waals surface area contributed by atoms with E-state index in [9.17, 15) is 0 Å². The van der Waals surface area contributed by atoms with Crippen molar-refractivity contribution < 1.29 is 0 Å². The standard InChI is InChI=1S/C15H14N2/c1-2-8-13-9-6-7-12-15(13)17-16-14-10-4-3-5-11-14/h2-12H,1H3. The SMILES string of the molecule is CC=Cc1ccccc1N=Nc1ccccc1. The van der Waals surface area contributed by atoms with E-state index < -0.39 is 0 Å². The zero-order valence-electron chi connectivity index (χ0n) is 9.75. The van der Waals surface area contributed by atoms with Crippen molar-refractivity contribution in [1.29, 1.82) is 0 Å². The minimum atomic E-state index is 0.864. The molecule has 0 saturated carbocycles. The first-order valence-electron chi connectivity index (χ1n) is 5.58. The van der Waals surface area contributed by atoms with Crippen molar-refractivity contribution in [2.24, 2.45) is 10.2 Å². The highest BCUT2D eigenvalue weighted by Crippen LogP contribution is 2.22. The van der Waals surface area contributed by atoms with E-state index in [-0.39, 0.29) is 0 Å². The van der Waals surface area contributed by atoms with Crippen molar-refractivity contribution in [2.75, 3.05) is 0 Å². The van der Waals surface area contributed by atoms with Gasteiger partial charge in [0, 0.05) is 5.56 Å². The quantitative estimate of drug-likeness (QED) is 0.643. The van der Waals surface area contributed by atoms with E-state index in [0.717, 1.165) is 16.9 Å². The molecule has 84 valence electrons. The van der Waals surface area contributed by atoms with Gasteiger partial charge in [-0.15, -0.1) is 5.11 Å². The third kappa shape index (κ3) is 3.11. The Morgan fingerprint density at radius 3 is 2.29 bits per heavy atom. The lowest BCUT2D eigenvalue weighted by atomic mass is 10.2. The lowest BCUT2D eigenvalue weighted by Gasteiger charge is -1.98. The summed E-state index contributed by atoms with van der Waals surface area (Å²) in [5.74, 6) is 0. The summed E-state index contributed by atoms with van der Waals surface area (Å²) < 4.78 is 0. The Bertz CT molecular complexity index is 528. The Labute approximate surface area is 101 Å². The molecule has 2 aromatic rings. The Hall–Kier alpha value is -2.22. The zero-order chi connectivity index (χ0) is 11.9. The Kier molecular flexibility index (Phi) is 3.81. The molecule has 0 aliphatic heterocycles. The van der Waals surface area contributed by atoms with Crippen molar-refractivity contribution in [3.63, 3.8) is 0 Å². The molecule has 0 fully saturated rings. The highest BCUT2D eigenvalue weighted by atomic mass is 15.1. The molecule has 2 rings (SSSR count). The summed E-state index contributed by atoms with van der Waals surface area (Å²) >= 11 is 0. The lowest BCUT2D eigenvalue weighted by Crippen LogP contribution is -1.72. The van der Waals surface area contributed by atoms with Crippen LogP contribution in [0.5, 0.6) is 0 Å². The molecular weight excluding hydrogens is 208 g/mol. The van der Waals surface area contributed by atoms with E-state index in [0.29, 0.717) is 0 Å². The van der Waals surface area contributed by atoms with Gasteiger partial charge in [-0.25, -0.2) is 0 Å². The number of allylic oxidation sites excluding steroid dienone is 1. The number of azo groups is 1. The van der Waals surface area contributed by atoms with Crippen molar-refractivity contribution in [1.82, 2.24) is 0 Å². The van der Waals surface area contributed by atoms with Crippen LogP contribution in [0.3, 0.4) is 0 Å². The first-order valence-corrected chi connectivity index (χ1v) is 5.58. The molecule has 0 heterocycles. The molecule has 0 aliphatic carbocycles. The number of nitrogens with zero attached hydrogens (tertiary/aromatic N) is 2. The maximum atomic E-state index is 4.27. The summed E-state index contributed by atoms with van der Waals surface area (Å²) in [6.07, 6.45) is 4.02. The van der Waals surface area contributed by atoms with Gasteiger partial charge in [0.2, 0.25) is 0 Å². The molecule has 0 saturated heterocycles. The topological polar surface area (TPSA) is 24.7 Å². The lowest BCUT2D eigenvalue weighted by molar-refractivity contribution is 1.23. The molecule has 2 heteroatoms. The minimum absolute atomic E-state index is 0.864. The predicted molar refractivity (Wildman–Crippen MR) is 71.8 cm³/mol. The van der Waals surface area contributed by atoms with Crippen LogP contribution in [0.15, 0.2) is 70.9 Å². The predicted octanol–water partition coefficient (Wildman–Crippen LogP) is 5.14. The average molecular weight is 222 g/mol. The average Bonchev–Trinajstić information content (AvgIpc) is 2.39. The van der Waals surface area contributed by atoms with Crippen LogP contribution in [0.1, 0.15) is 12.5 Å². The van der Waals surface area contributed by atoms with Gasteiger partial charge in [-0.3, -0.25) is 0 Å². The van der Waals surface area contributed by atoms with Gasteiger partial charge < -0.3 is 0 Å². The fourth-order valence-electron chi connectivity index (χ4n) is 1.51. The third-order valence-electron chi connectivity index (χ3n) is 2.31. The second-order valence-electron chi connectivity index (χ2n) is 3.59. The van der Waals surface area contributed by atoms with E-state index >= 15 is 0 Å². The molecule has 0 radical (unpaired) electrons. The maximum absolute atomic E-state index is 4.27. The number of benzene rings is 2. The molecule has 0 aromatic heterocycles. The summed E-state index contributed by atoms with van der Waals surface area (Å²) in [4.78, 5) is 0. The summed E-state index contributed by atoms with van der Waals surface area (Å²) in [5, 5.41) is 8.48. The molecular formula is C15H14N2. The van der Waals surface area contributed by atoms with Gasteiger partial charge in [0.1, 0.15) is 0 Å². The van der Waals surface area contributed by atoms with Crippen LogP contribution in [0.4, 0.5) is 11.4 Å². The summed E-state index contributed by atoms with van der Waals surface area (Å²) in [5.41, 5.74) is 2.83. The minimum Gasteiger partial charge on any atom is -0.151 e. The van der Waals surface area contributed by atoms with Gasteiger partial charge in [0.25, 0.3) is 0 Å². The van der Waals surface area contributed by atoms with Crippen LogP contribution in [0, 0.1) is 0 Å². The van der Waals surface area contributed by atoms with Crippen LogP contribution in [-0.2, 0) is 0 Å². The third-order valence-corrected chi connectivity index (χ3v) is 2.31. The molecule has 17 heavy (non-hydrogen) atoms. The molecule has 0 spiro atoms. The Balaban J connectivity index is 2.27. The van der Waals surface area contributed by atoms with Crippen LogP contribution < -0.4 is 0 Å². The van der Waals surface area contributed by atoms with Crippen molar-refractivity contribution >= 4 is 17.5 Å². The fraction of sp³-hybridized carbons (Fsp3) is 0.0667. The van der Waals surface area contributed by atoms with Crippen LogP contribution in [0.25, 0.3) is 6.08 Å². The fourth-order valence-corrected chi connectivity index (χ4v) is 1.51. The van der Waals surface area contributed by atoms with Crippen molar-refractivity contribution in [3.8, 4) is 0 Å². The van der Waals surface area contributed by atoms with E-state index in [1.807, 2.05) is 73.7 Å². The van der Waals surface area contributed by atoms with Gasteiger partial charge in [-0.1, -0.05) is 48.6 Å². The maximum Gasteiger partial charge on any atom is 0.0929 e.